The molecule has 0 saturated carbocycles. The standard InChI is InChI=1S/C13H13BrN2O2S/c1-3-18-12-10(14)5-8(6-11(12)17-2)4-9(7-15)13(16)19/h4-6H,3H2,1-2H3,(H2,16,19)/b9-4+. The third kappa shape index (κ3) is 3.94. The van der Waals surface area contributed by atoms with Gasteiger partial charge in [0.05, 0.1) is 23.8 Å². The molecule has 0 fully saturated rings. The largest absolute Gasteiger partial charge is 0.493 e. The van der Waals surface area contributed by atoms with Gasteiger partial charge in [0.15, 0.2) is 11.5 Å². The number of rotatable bonds is 5. The molecule has 0 bridgehead atoms. The summed E-state index contributed by atoms with van der Waals surface area (Å²) >= 11 is 8.20. The Morgan fingerprint density at radius 3 is 2.74 bits per heavy atom. The summed E-state index contributed by atoms with van der Waals surface area (Å²) in [5.74, 6) is 1.19. The molecule has 0 aliphatic rings. The molecule has 0 aliphatic heterocycles. The lowest BCUT2D eigenvalue weighted by molar-refractivity contribution is 0.309. The SMILES string of the molecule is CCOc1c(Br)cc(/C=C(\C#N)C(N)=S)cc1OC. The van der Waals surface area contributed by atoms with Gasteiger partial charge in [0.25, 0.3) is 0 Å². The highest BCUT2D eigenvalue weighted by molar-refractivity contribution is 9.10. The predicted molar refractivity (Wildman–Crippen MR) is 82.2 cm³/mol. The Labute approximate surface area is 125 Å². The summed E-state index contributed by atoms with van der Waals surface area (Å²) < 4.78 is 11.5. The van der Waals surface area contributed by atoms with E-state index in [-0.39, 0.29) is 10.6 Å². The van der Waals surface area contributed by atoms with Crippen LogP contribution < -0.4 is 15.2 Å². The fourth-order valence-corrected chi connectivity index (χ4v) is 2.11. The second-order valence-corrected chi connectivity index (χ2v) is 4.80. The van der Waals surface area contributed by atoms with Crippen molar-refractivity contribution in [1.82, 2.24) is 0 Å². The third-order valence-electron chi connectivity index (χ3n) is 2.24. The normalized spacial score (nSPS) is 10.7. The first-order valence-electron chi connectivity index (χ1n) is 5.45. The number of thiocarbonyl (C=S) groups is 1. The minimum absolute atomic E-state index is 0.0616. The first-order valence-corrected chi connectivity index (χ1v) is 6.65. The van der Waals surface area contributed by atoms with Gasteiger partial charge < -0.3 is 15.2 Å². The Hall–Kier alpha value is -1.58. The summed E-state index contributed by atoms with van der Waals surface area (Å²) in [7, 11) is 1.55. The summed E-state index contributed by atoms with van der Waals surface area (Å²) in [4.78, 5) is 0.0616. The van der Waals surface area contributed by atoms with E-state index in [0.29, 0.717) is 18.1 Å². The topological polar surface area (TPSA) is 68.3 Å². The van der Waals surface area contributed by atoms with Gasteiger partial charge in [0.1, 0.15) is 11.1 Å². The summed E-state index contributed by atoms with van der Waals surface area (Å²) in [6, 6.07) is 5.52. The fraction of sp³-hybridized carbons (Fsp3) is 0.231. The minimum atomic E-state index is 0.0616. The first kappa shape index (κ1) is 15.5. The number of nitrogens with zero attached hydrogens (tertiary/aromatic N) is 1. The lowest BCUT2D eigenvalue weighted by Gasteiger charge is -2.12. The van der Waals surface area contributed by atoms with E-state index >= 15 is 0 Å². The summed E-state index contributed by atoms with van der Waals surface area (Å²) in [5.41, 5.74) is 6.44. The molecule has 1 rings (SSSR count). The van der Waals surface area contributed by atoms with Crippen LogP contribution in [0.25, 0.3) is 6.08 Å². The van der Waals surface area contributed by atoms with Crippen LogP contribution in [0.5, 0.6) is 11.5 Å². The highest BCUT2D eigenvalue weighted by Gasteiger charge is 2.11. The lowest BCUT2D eigenvalue weighted by Crippen LogP contribution is -2.09. The van der Waals surface area contributed by atoms with Gasteiger partial charge in [-0.1, -0.05) is 12.2 Å². The van der Waals surface area contributed by atoms with Crippen molar-refractivity contribution >= 4 is 39.2 Å². The van der Waals surface area contributed by atoms with Crippen LogP contribution in [0, 0.1) is 11.3 Å². The maximum absolute atomic E-state index is 8.94. The quantitative estimate of drug-likeness (QED) is 0.506. The molecular formula is C13H13BrN2O2S. The number of nitrogens with two attached hydrogens (primary N) is 1. The number of hydrogen-bond donors (Lipinski definition) is 1. The summed E-state index contributed by atoms with van der Waals surface area (Å²) in [6.07, 6.45) is 1.60. The van der Waals surface area contributed by atoms with Gasteiger partial charge in [0.2, 0.25) is 0 Å². The molecule has 6 heteroatoms. The van der Waals surface area contributed by atoms with Gasteiger partial charge in [-0.05, 0) is 46.6 Å². The first-order chi connectivity index (χ1) is 9.03. The van der Waals surface area contributed by atoms with E-state index in [1.165, 1.54) is 0 Å². The zero-order chi connectivity index (χ0) is 14.4. The fourth-order valence-electron chi connectivity index (χ4n) is 1.43. The number of hydrogen-bond acceptors (Lipinski definition) is 4. The summed E-state index contributed by atoms with van der Waals surface area (Å²) in [5, 5.41) is 8.94. The molecule has 0 amide bonds. The van der Waals surface area contributed by atoms with Crippen molar-refractivity contribution in [2.24, 2.45) is 5.73 Å². The van der Waals surface area contributed by atoms with Gasteiger partial charge in [0, 0.05) is 0 Å². The van der Waals surface area contributed by atoms with Crippen molar-refractivity contribution in [2.75, 3.05) is 13.7 Å². The van der Waals surface area contributed by atoms with Crippen molar-refractivity contribution in [1.29, 1.82) is 5.26 Å². The van der Waals surface area contributed by atoms with Crippen LogP contribution in [0.4, 0.5) is 0 Å². The molecular weight excluding hydrogens is 328 g/mol. The zero-order valence-corrected chi connectivity index (χ0v) is 13.0. The number of ether oxygens (including phenoxy) is 2. The number of halogens is 1. The van der Waals surface area contributed by atoms with Crippen molar-refractivity contribution in [2.45, 2.75) is 6.92 Å². The van der Waals surface area contributed by atoms with E-state index < -0.39 is 0 Å². The highest BCUT2D eigenvalue weighted by Crippen LogP contribution is 2.37. The maximum atomic E-state index is 8.94. The van der Waals surface area contributed by atoms with Crippen LogP contribution in [0.2, 0.25) is 0 Å². The van der Waals surface area contributed by atoms with E-state index in [9.17, 15) is 0 Å². The van der Waals surface area contributed by atoms with E-state index in [4.69, 9.17) is 32.7 Å². The van der Waals surface area contributed by atoms with Crippen LogP contribution in [-0.2, 0) is 0 Å². The Morgan fingerprint density at radius 1 is 1.58 bits per heavy atom. The van der Waals surface area contributed by atoms with Crippen molar-refractivity contribution in [3.8, 4) is 17.6 Å². The van der Waals surface area contributed by atoms with E-state index in [2.05, 4.69) is 15.9 Å². The Morgan fingerprint density at radius 2 is 2.26 bits per heavy atom. The molecule has 0 radical (unpaired) electrons. The van der Waals surface area contributed by atoms with E-state index in [1.807, 2.05) is 19.1 Å². The molecule has 0 aliphatic carbocycles. The Kier molecular flexibility index (Phi) is 5.80. The number of benzene rings is 1. The monoisotopic (exact) mass is 340 g/mol. The van der Waals surface area contributed by atoms with Crippen LogP contribution >= 0.6 is 28.1 Å². The van der Waals surface area contributed by atoms with Crippen LogP contribution in [0.3, 0.4) is 0 Å². The zero-order valence-electron chi connectivity index (χ0n) is 10.6. The smallest absolute Gasteiger partial charge is 0.175 e. The molecule has 1 aromatic rings. The summed E-state index contributed by atoms with van der Waals surface area (Å²) in [6.45, 7) is 2.42. The molecule has 0 saturated heterocycles. The van der Waals surface area contributed by atoms with Crippen molar-refractivity contribution < 1.29 is 9.47 Å². The van der Waals surface area contributed by atoms with Crippen LogP contribution in [0.15, 0.2) is 22.2 Å². The van der Waals surface area contributed by atoms with Gasteiger partial charge >= 0.3 is 0 Å². The van der Waals surface area contributed by atoms with Crippen LogP contribution in [-0.4, -0.2) is 18.7 Å². The molecule has 0 aromatic heterocycles. The van der Waals surface area contributed by atoms with Gasteiger partial charge in [-0.25, -0.2) is 0 Å². The minimum Gasteiger partial charge on any atom is -0.493 e. The molecule has 4 nitrogen and oxygen atoms in total. The van der Waals surface area contributed by atoms with Crippen molar-refractivity contribution in [3.63, 3.8) is 0 Å². The van der Waals surface area contributed by atoms with Gasteiger partial charge in [-0.3, -0.25) is 0 Å². The molecule has 19 heavy (non-hydrogen) atoms. The molecule has 0 unspecified atom stereocenters. The average Bonchev–Trinajstić information content (AvgIpc) is 2.38. The molecule has 0 heterocycles. The highest BCUT2D eigenvalue weighted by atomic mass is 79.9. The second-order valence-electron chi connectivity index (χ2n) is 3.50. The number of nitriles is 1. The molecule has 2 N–H and O–H groups in total. The Balaban J connectivity index is 3.30. The average molecular weight is 341 g/mol. The Bertz CT molecular complexity index is 564. The van der Waals surface area contributed by atoms with Crippen molar-refractivity contribution in [3.05, 3.63) is 27.7 Å². The second kappa shape index (κ2) is 7.12. The van der Waals surface area contributed by atoms with E-state index in [0.717, 1.165) is 10.0 Å². The molecule has 1 aromatic carbocycles. The number of methoxy groups -OCH3 is 1. The van der Waals surface area contributed by atoms with Gasteiger partial charge in [-0.2, -0.15) is 5.26 Å². The lowest BCUT2D eigenvalue weighted by atomic mass is 10.1. The molecule has 0 spiro atoms. The maximum Gasteiger partial charge on any atom is 0.175 e. The molecule has 0 atom stereocenters. The predicted octanol–water partition coefficient (Wildman–Crippen LogP) is 3.05. The van der Waals surface area contributed by atoms with Gasteiger partial charge in [-0.15, -0.1) is 0 Å². The van der Waals surface area contributed by atoms with E-state index in [1.54, 1.807) is 19.3 Å². The third-order valence-corrected chi connectivity index (χ3v) is 3.05. The van der Waals surface area contributed by atoms with Crippen LogP contribution in [0.1, 0.15) is 12.5 Å². The molecule has 100 valence electrons.